The molecule has 1 aromatic rings. The zero-order valence-corrected chi connectivity index (χ0v) is 10.4. The lowest BCUT2D eigenvalue weighted by Crippen LogP contribution is -2.22. The van der Waals surface area contributed by atoms with E-state index in [2.05, 4.69) is 10.6 Å². The van der Waals surface area contributed by atoms with Gasteiger partial charge in [-0.1, -0.05) is 0 Å². The molecular formula is C13H16N2O3. The van der Waals surface area contributed by atoms with E-state index in [1.165, 1.54) is 0 Å². The zero-order valence-electron chi connectivity index (χ0n) is 10.4. The average Bonchev–Trinajstić information content (AvgIpc) is 3.21. The molecule has 0 aliphatic heterocycles. The van der Waals surface area contributed by atoms with Gasteiger partial charge in [-0.3, -0.25) is 9.59 Å². The molecule has 0 saturated heterocycles. The lowest BCUT2D eigenvalue weighted by Gasteiger charge is -2.11. The Balaban J connectivity index is 2.33. The highest BCUT2D eigenvalue weighted by atomic mass is 16.5. The Hall–Kier alpha value is -2.04. The Morgan fingerprint density at radius 3 is 2.39 bits per heavy atom. The SMILES string of the molecule is CNC(=O)c1ccc(OC2CC2)c(C(=O)NC)c1. The van der Waals surface area contributed by atoms with Crippen LogP contribution in [0.15, 0.2) is 18.2 Å². The van der Waals surface area contributed by atoms with Crippen molar-refractivity contribution in [1.29, 1.82) is 0 Å². The fourth-order valence-corrected chi connectivity index (χ4v) is 1.60. The molecule has 2 rings (SSSR count). The number of nitrogens with one attached hydrogen (secondary N) is 2. The maximum atomic E-state index is 11.8. The molecule has 5 nitrogen and oxygen atoms in total. The molecule has 0 unspecified atom stereocenters. The molecule has 5 heteroatoms. The van der Waals surface area contributed by atoms with Crippen LogP contribution in [0.4, 0.5) is 0 Å². The van der Waals surface area contributed by atoms with Gasteiger partial charge >= 0.3 is 0 Å². The van der Waals surface area contributed by atoms with Crippen LogP contribution in [0.1, 0.15) is 33.6 Å². The fourth-order valence-electron chi connectivity index (χ4n) is 1.60. The quantitative estimate of drug-likeness (QED) is 0.833. The van der Waals surface area contributed by atoms with Gasteiger partial charge in [0.05, 0.1) is 11.7 Å². The largest absolute Gasteiger partial charge is 0.490 e. The first-order chi connectivity index (χ1) is 8.65. The second-order valence-corrected chi connectivity index (χ2v) is 4.19. The summed E-state index contributed by atoms with van der Waals surface area (Å²) in [5, 5.41) is 5.08. The highest BCUT2D eigenvalue weighted by Gasteiger charge is 2.26. The number of benzene rings is 1. The molecule has 0 aromatic heterocycles. The van der Waals surface area contributed by atoms with Gasteiger partial charge in [0.15, 0.2) is 0 Å². The summed E-state index contributed by atoms with van der Waals surface area (Å²) >= 11 is 0. The topological polar surface area (TPSA) is 67.4 Å². The van der Waals surface area contributed by atoms with E-state index < -0.39 is 0 Å². The molecule has 1 fully saturated rings. The average molecular weight is 248 g/mol. The number of rotatable bonds is 4. The number of carbonyl (C=O) groups excluding carboxylic acids is 2. The Kier molecular flexibility index (Phi) is 3.50. The monoisotopic (exact) mass is 248 g/mol. The molecule has 0 heterocycles. The van der Waals surface area contributed by atoms with Crippen molar-refractivity contribution in [1.82, 2.24) is 10.6 Å². The van der Waals surface area contributed by atoms with Gasteiger partial charge in [-0.15, -0.1) is 0 Å². The van der Waals surface area contributed by atoms with E-state index in [0.29, 0.717) is 16.9 Å². The summed E-state index contributed by atoms with van der Waals surface area (Å²) in [5.41, 5.74) is 0.838. The van der Waals surface area contributed by atoms with Crippen LogP contribution in [-0.2, 0) is 0 Å². The Labute approximate surface area is 106 Å². The van der Waals surface area contributed by atoms with E-state index in [4.69, 9.17) is 4.74 Å². The molecule has 1 saturated carbocycles. The van der Waals surface area contributed by atoms with Crippen molar-refractivity contribution in [3.05, 3.63) is 29.3 Å². The van der Waals surface area contributed by atoms with Gasteiger partial charge < -0.3 is 15.4 Å². The fraction of sp³-hybridized carbons (Fsp3) is 0.385. The summed E-state index contributed by atoms with van der Waals surface area (Å²) in [5.74, 6) is 0.0547. The number of ether oxygens (including phenoxy) is 1. The molecule has 18 heavy (non-hydrogen) atoms. The standard InChI is InChI=1S/C13H16N2O3/c1-14-12(16)8-3-6-11(18-9-4-5-9)10(7-8)13(17)15-2/h3,6-7,9H,4-5H2,1-2H3,(H,14,16)(H,15,17). The lowest BCUT2D eigenvalue weighted by atomic mass is 10.1. The summed E-state index contributed by atoms with van der Waals surface area (Å²) in [6.45, 7) is 0. The van der Waals surface area contributed by atoms with E-state index in [0.717, 1.165) is 12.8 Å². The van der Waals surface area contributed by atoms with E-state index in [-0.39, 0.29) is 17.9 Å². The van der Waals surface area contributed by atoms with Gasteiger partial charge in [-0.2, -0.15) is 0 Å². The molecule has 2 N–H and O–H groups in total. The summed E-state index contributed by atoms with van der Waals surface area (Å²) in [7, 11) is 3.10. The third-order valence-electron chi connectivity index (χ3n) is 2.76. The maximum absolute atomic E-state index is 11.8. The minimum Gasteiger partial charge on any atom is -0.490 e. The number of hydrogen-bond donors (Lipinski definition) is 2. The first-order valence-corrected chi connectivity index (χ1v) is 5.90. The minimum absolute atomic E-state index is 0.208. The summed E-state index contributed by atoms with van der Waals surface area (Å²) in [6, 6.07) is 4.88. The van der Waals surface area contributed by atoms with Crippen molar-refractivity contribution in [3.63, 3.8) is 0 Å². The second kappa shape index (κ2) is 5.08. The first kappa shape index (κ1) is 12.4. The molecular weight excluding hydrogens is 232 g/mol. The van der Waals surface area contributed by atoms with Crippen LogP contribution in [0.2, 0.25) is 0 Å². The molecule has 1 aliphatic rings. The summed E-state index contributed by atoms with van der Waals surface area (Å²) in [4.78, 5) is 23.3. The highest BCUT2D eigenvalue weighted by Crippen LogP contribution is 2.29. The van der Waals surface area contributed by atoms with Crippen LogP contribution < -0.4 is 15.4 Å². The smallest absolute Gasteiger partial charge is 0.254 e. The van der Waals surface area contributed by atoms with Crippen LogP contribution in [0.25, 0.3) is 0 Å². The number of amides is 2. The van der Waals surface area contributed by atoms with Crippen LogP contribution in [-0.4, -0.2) is 32.0 Å². The van der Waals surface area contributed by atoms with Gasteiger partial charge in [0.25, 0.3) is 11.8 Å². The van der Waals surface area contributed by atoms with Crippen LogP contribution in [0.3, 0.4) is 0 Å². The second-order valence-electron chi connectivity index (χ2n) is 4.19. The van der Waals surface area contributed by atoms with Gasteiger partial charge in [0.1, 0.15) is 5.75 Å². The first-order valence-electron chi connectivity index (χ1n) is 5.90. The molecule has 0 spiro atoms. The minimum atomic E-state index is -0.253. The molecule has 2 amide bonds. The van der Waals surface area contributed by atoms with Crippen molar-refractivity contribution < 1.29 is 14.3 Å². The Morgan fingerprint density at radius 2 is 1.83 bits per heavy atom. The van der Waals surface area contributed by atoms with E-state index in [9.17, 15) is 9.59 Å². The normalized spacial score (nSPS) is 13.9. The number of carbonyl (C=O) groups is 2. The Morgan fingerprint density at radius 1 is 1.17 bits per heavy atom. The van der Waals surface area contributed by atoms with Crippen LogP contribution in [0, 0.1) is 0 Å². The third kappa shape index (κ3) is 2.61. The predicted molar refractivity (Wildman–Crippen MR) is 66.9 cm³/mol. The lowest BCUT2D eigenvalue weighted by molar-refractivity contribution is 0.0958. The van der Waals surface area contributed by atoms with Crippen LogP contribution in [0.5, 0.6) is 5.75 Å². The number of hydrogen-bond acceptors (Lipinski definition) is 3. The Bertz CT molecular complexity index is 481. The van der Waals surface area contributed by atoms with Gasteiger partial charge in [0.2, 0.25) is 0 Å². The molecule has 96 valence electrons. The van der Waals surface area contributed by atoms with Gasteiger partial charge in [0, 0.05) is 19.7 Å². The van der Waals surface area contributed by atoms with E-state index >= 15 is 0 Å². The summed E-state index contributed by atoms with van der Waals surface area (Å²) < 4.78 is 5.66. The highest BCUT2D eigenvalue weighted by molar-refractivity contribution is 6.01. The van der Waals surface area contributed by atoms with Crippen molar-refractivity contribution in [2.24, 2.45) is 0 Å². The van der Waals surface area contributed by atoms with Crippen molar-refractivity contribution in [2.45, 2.75) is 18.9 Å². The van der Waals surface area contributed by atoms with Crippen molar-refractivity contribution in [2.75, 3.05) is 14.1 Å². The molecule has 1 aliphatic carbocycles. The third-order valence-corrected chi connectivity index (χ3v) is 2.76. The maximum Gasteiger partial charge on any atom is 0.254 e. The molecule has 0 atom stereocenters. The summed E-state index contributed by atoms with van der Waals surface area (Å²) in [6.07, 6.45) is 2.24. The molecule has 0 radical (unpaired) electrons. The zero-order chi connectivity index (χ0) is 13.1. The van der Waals surface area contributed by atoms with E-state index in [1.807, 2.05) is 0 Å². The van der Waals surface area contributed by atoms with E-state index in [1.54, 1.807) is 32.3 Å². The predicted octanol–water partition coefficient (Wildman–Crippen LogP) is 0.947. The molecule has 0 bridgehead atoms. The van der Waals surface area contributed by atoms with Crippen LogP contribution >= 0.6 is 0 Å². The van der Waals surface area contributed by atoms with Crippen molar-refractivity contribution in [3.8, 4) is 5.75 Å². The van der Waals surface area contributed by atoms with Gasteiger partial charge in [-0.25, -0.2) is 0 Å². The molecule has 1 aromatic carbocycles. The van der Waals surface area contributed by atoms with Gasteiger partial charge in [-0.05, 0) is 31.0 Å². The van der Waals surface area contributed by atoms with Crippen molar-refractivity contribution >= 4 is 11.8 Å².